The van der Waals surface area contributed by atoms with Crippen molar-refractivity contribution in [3.63, 3.8) is 0 Å². The standard InChI is InChI=1S/C27H44O6/c1-9-25(5,6)23(30)31-16-20(21(28)32-24(2,3)4)22(29)33-26(7,8)27-13-17-10-18(14-27)12-19(11-17)15-27/h17-20H,9-16H2,1-8H3. The van der Waals surface area contributed by atoms with Crippen LogP contribution in [0.3, 0.4) is 0 Å². The quantitative estimate of drug-likeness (QED) is 0.270. The van der Waals surface area contributed by atoms with Crippen molar-refractivity contribution < 1.29 is 28.6 Å². The predicted molar refractivity (Wildman–Crippen MR) is 125 cm³/mol. The lowest BCUT2D eigenvalue weighted by Crippen LogP contribution is -2.58. The Morgan fingerprint density at radius 1 is 0.818 bits per heavy atom. The van der Waals surface area contributed by atoms with Gasteiger partial charge in [0.25, 0.3) is 0 Å². The Balaban J connectivity index is 1.76. The number of hydrogen-bond donors (Lipinski definition) is 0. The van der Waals surface area contributed by atoms with Crippen LogP contribution in [0.4, 0.5) is 0 Å². The van der Waals surface area contributed by atoms with Crippen LogP contribution in [-0.2, 0) is 28.6 Å². The number of rotatable bonds is 8. The van der Waals surface area contributed by atoms with Crippen LogP contribution in [0.2, 0.25) is 0 Å². The second-order valence-electron chi connectivity index (χ2n) is 13.1. The molecule has 33 heavy (non-hydrogen) atoms. The molecule has 4 aliphatic rings. The molecule has 0 N–H and O–H groups in total. The zero-order chi connectivity index (χ0) is 24.8. The van der Waals surface area contributed by atoms with Gasteiger partial charge in [-0.05, 0) is 111 Å². The fourth-order valence-corrected chi connectivity index (χ4v) is 6.38. The predicted octanol–water partition coefficient (Wildman–Crippen LogP) is 5.46. The molecule has 0 aromatic carbocycles. The first-order valence-electron chi connectivity index (χ1n) is 12.7. The summed E-state index contributed by atoms with van der Waals surface area (Å²) in [5, 5.41) is 0. The van der Waals surface area contributed by atoms with E-state index in [0.717, 1.165) is 19.3 Å². The highest BCUT2D eigenvalue weighted by Crippen LogP contribution is 2.64. The second kappa shape index (κ2) is 8.88. The minimum absolute atomic E-state index is 0.0449. The first kappa shape index (κ1) is 26.0. The van der Waals surface area contributed by atoms with Crippen LogP contribution < -0.4 is 0 Å². The van der Waals surface area contributed by atoms with E-state index in [1.54, 1.807) is 34.6 Å². The average molecular weight is 465 g/mol. The average Bonchev–Trinajstić information content (AvgIpc) is 2.64. The lowest BCUT2D eigenvalue weighted by molar-refractivity contribution is -0.206. The molecule has 4 saturated carbocycles. The summed E-state index contributed by atoms with van der Waals surface area (Å²) in [5.74, 6) is -0.960. The van der Waals surface area contributed by atoms with Crippen molar-refractivity contribution in [2.45, 2.75) is 112 Å². The molecule has 4 bridgehead atoms. The molecule has 0 heterocycles. The van der Waals surface area contributed by atoms with Gasteiger partial charge in [-0.25, -0.2) is 0 Å². The third-order valence-corrected chi connectivity index (χ3v) is 8.46. The van der Waals surface area contributed by atoms with Crippen LogP contribution in [0.25, 0.3) is 0 Å². The van der Waals surface area contributed by atoms with Crippen molar-refractivity contribution in [3.05, 3.63) is 0 Å². The van der Waals surface area contributed by atoms with Crippen molar-refractivity contribution in [1.82, 2.24) is 0 Å². The Morgan fingerprint density at radius 3 is 1.70 bits per heavy atom. The highest BCUT2D eigenvalue weighted by molar-refractivity contribution is 5.95. The topological polar surface area (TPSA) is 78.9 Å². The fraction of sp³-hybridized carbons (Fsp3) is 0.889. The van der Waals surface area contributed by atoms with E-state index in [-0.39, 0.29) is 12.0 Å². The van der Waals surface area contributed by atoms with Gasteiger partial charge >= 0.3 is 17.9 Å². The molecule has 0 amide bonds. The molecule has 4 rings (SSSR count). The van der Waals surface area contributed by atoms with Gasteiger partial charge < -0.3 is 14.2 Å². The largest absolute Gasteiger partial charge is 0.464 e. The number of carbonyl (C=O) groups excluding carboxylic acids is 3. The number of ether oxygens (including phenoxy) is 3. The Bertz CT molecular complexity index is 737. The summed E-state index contributed by atoms with van der Waals surface area (Å²) in [6.45, 7) is 14.3. The molecular weight excluding hydrogens is 420 g/mol. The molecule has 6 nitrogen and oxygen atoms in total. The maximum Gasteiger partial charge on any atom is 0.324 e. The number of esters is 3. The molecule has 6 heteroatoms. The van der Waals surface area contributed by atoms with E-state index in [4.69, 9.17) is 14.2 Å². The molecule has 0 aromatic heterocycles. The summed E-state index contributed by atoms with van der Waals surface area (Å²) < 4.78 is 17.1. The van der Waals surface area contributed by atoms with Crippen molar-refractivity contribution in [3.8, 4) is 0 Å². The van der Waals surface area contributed by atoms with Gasteiger partial charge in [0, 0.05) is 5.41 Å². The van der Waals surface area contributed by atoms with Crippen LogP contribution in [-0.4, -0.2) is 35.7 Å². The molecule has 0 aromatic rings. The minimum atomic E-state index is -1.30. The SMILES string of the molecule is CCC(C)(C)C(=O)OCC(C(=O)OC(C)(C)C)C(=O)OC(C)(C)C12CC3CC(CC(C3)C1)C2. The molecule has 4 aliphatic carbocycles. The van der Waals surface area contributed by atoms with E-state index in [1.807, 2.05) is 20.8 Å². The van der Waals surface area contributed by atoms with Crippen molar-refractivity contribution in [2.75, 3.05) is 6.61 Å². The molecule has 1 unspecified atom stereocenters. The normalized spacial score (nSPS) is 30.0. The highest BCUT2D eigenvalue weighted by Gasteiger charge is 2.59. The molecule has 4 fully saturated rings. The third-order valence-electron chi connectivity index (χ3n) is 8.46. The minimum Gasteiger partial charge on any atom is -0.464 e. The zero-order valence-corrected chi connectivity index (χ0v) is 21.9. The van der Waals surface area contributed by atoms with Crippen LogP contribution >= 0.6 is 0 Å². The molecular formula is C27H44O6. The van der Waals surface area contributed by atoms with Crippen molar-refractivity contribution in [1.29, 1.82) is 0 Å². The summed E-state index contributed by atoms with van der Waals surface area (Å²) in [4.78, 5) is 38.9. The van der Waals surface area contributed by atoms with Gasteiger partial charge in [0.15, 0.2) is 5.92 Å². The maximum absolute atomic E-state index is 13.4. The van der Waals surface area contributed by atoms with Gasteiger partial charge in [-0.1, -0.05) is 6.92 Å². The third kappa shape index (κ3) is 5.57. The van der Waals surface area contributed by atoms with Gasteiger partial charge in [0.05, 0.1) is 5.41 Å². The van der Waals surface area contributed by atoms with E-state index in [1.165, 1.54) is 19.3 Å². The molecule has 0 saturated heterocycles. The molecule has 0 aliphatic heterocycles. The monoisotopic (exact) mass is 464 g/mol. The van der Waals surface area contributed by atoms with Gasteiger partial charge in [0.1, 0.15) is 17.8 Å². The summed E-state index contributed by atoms with van der Waals surface area (Å²) in [6, 6.07) is 0. The second-order valence-corrected chi connectivity index (χ2v) is 13.1. The van der Waals surface area contributed by atoms with E-state index in [9.17, 15) is 14.4 Å². The van der Waals surface area contributed by atoms with E-state index < -0.39 is 40.4 Å². The van der Waals surface area contributed by atoms with Crippen molar-refractivity contribution in [2.24, 2.45) is 34.5 Å². The van der Waals surface area contributed by atoms with E-state index >= 15 is 0 Å². The number of carbonyl (C=O) groups is 3. The van der Waals surface area contributed by atoms with Crippen LogP contribution in [0.5, 0.6) is 0 Å². The van der Waals surface area contributed by atoms with Crippen LogP contribution in [0.1, 0.15) is 100 Å². The summed E-state index contributed by atoms with van der Waals surface area (Å²) in [7, 11) is 0. The molecule has 188 valence electrons. The first-order chi connectivity index (χ1) is 15.1. The van der Waals surface area contributed by atoms with Gasteiger partial charge in [-0.2, -0.15) is 0 Å². The molecule has 1 atom stereocenters. The lowest BCUT2D eigenvalue weighted by atomic mass is 9.46. The van der Waals surface area contributed by atoms with Crippen LogP contribution in [0, 0.1) is 34.5 Å². The smallest absolute Gasteiger partial charge is 0.324 e. The molecule has 0 radical (unpaired) electrons. The van der Waals surface area contributed by atoms with Crippen molar-refractivity contribution >= 4 is 17.9 Å². The summed E-state index contributed by atoms with van der Waals surface area (Å²) >= 11 is 0. The Kier molecular flexibility index (Phi) is 7.01. The Hall–Kier alpha value is -1.59. The Labute approximate surface area is 199 Å². The van der Waals surface area contributed by atoms with Crippen LogP contribution in [0.15, 0.2) is 0 Å². The zero-order valence-electron chi connectivity index (χ0n) is 21.9. The summed E-state index contributed by atoms with van der Waals surface area (Å²) in [5.41, 5.74) is -2.21. The Morgan fingerprint density at radius 2 is 1.27 bits per heavy atom. The van der Waals surface area contributed by atoms with Gasteiger partial charge in [-0.3, -0.25) is 14.4 Å². The maximum atomic E-state index is 13.4. The molecule has 0 spiro atoms. The lowest BCUT2D eigenvalue weighted by Gasteiger charge is -2.61. The fourth-order valence-electron chi connectivity index (χ4n) is 6.38. The highest BCUT2D eigenvalue weighted by atomic mass is 16.6. The van der Waals surface area contributed by atoms with E-state index in [0.29, 0.717) is 24.2 Å². The van der Waals surface area contributed by atoms with Gasteiger partial charge in [-0.15, -0.1) is 0 Å². The number of hydrogen-bond acceptors (Lipinski definition) is 6. The first-order valence-corrected chi connectivity index (χ1v) is 12.7. The summed E-state index contributed by atoms with van der Waals surface area (Å²) in [6.07, 6.45) is 7.72. The van der Waals surface area contributed by atoms with Gasteiger partial charge in [0.2, 0.25) is 0 Å². The van der Waals surface area contributed by atoms with E-state index in [2.05, 4.69) is 0 Å².